The van der Waals surface area contributed by atoms with Crippen molar-refractivity contribution in [2.75, 3.05) is 0 Å². The van der Waals surface area contributed by atoms with E-state index in [4.69, 9.17) is 0 Å². The monoisotopic (exact) mass is 285 g/mol. The van der Waals surface area contributed by atoms with Crippen LogP contribution >= 0.6 is 0 Å². The number of carbonyl (C=O) groups is 1. The maximum absolute atomic E-state index is 12.4. The Labute approximate surface area is 123 Å². The third kappa shape index (κ3) is 3.09. The number of hydrogen-bond donors (Lipinski definition) is 1. The Hall–Kier alpha value is -2.24. The van der Waals surface area contributed by atoms with Crippen LogP contribution in [0.15, 0.2) is 30.6 Å². The molecule has 2 aromatic rings. The summed E-state index contributed by atoms with van der Waals surface area (Å²) < 4.78 is 1.54. The molecule has 0 radical (unpaired) electrons. The van der Waals surface area contributed by atoms with Crippen molar-refractivity contribution in [3.63, 3.8) is 0 Å². The molecule has 2 atom stereocenters. The average Bonchev–Trinajstić information content (AvgIpc) is 3.04. The Morgan fingerprint density at radius 2 is 2.19 bits per heavy atom. The minimum atomic E-state index is -0.0244. The van der Waals surface area contributed by atoms with E-state index in [1.54, 1.807) is 10.7 Å². The minimum Gasteiger partial charge on any atom is -0.349 e. The Balaban J connectivity index is 1.74. The zero-order valence-corrected chi connectivity index (χ0v) is 12.1. The summed E-state index contributed by atoms with van der Waals surface area (Å²) in [6.45, 7) is 2.21. The standard InChI is InChI=1S/C15H19N5O/c1-11-5-2-3-8-14(11)17-15(21)12-6-4-7-13(9-12)20-10-16-18-19-20/h4,6-7,9-11,14H,2-3,5,8H2,1H3,(H,17,21). The van der Waals surface area contributed by atoms with E-state index in [0.29, 0.717) is 11.5 Å². The molecule has 2 unspecified atom stereocenters. The molecule has 6 nitrogen and oxygen atoms in total. The van der Waals surface area contributed by atoms with Gasteiger partial charge in [-0.05, 0) is 47.4 Å². The Morgan fingerprint density at radius 1 is 1.33 bits per heavy atom. The van der Waals surface area contributed by atoms with Crippen LogP contribution in [-0.4, -0.2) is 32.2 Å². The second kappa shape index (κ2) is 6.03. The van der Waals surface area contributed by atoms with Gasteiger partial charge < -0.3 is 5.32 Å². The second-order valence-corrected chi connectivity index (χ2v) is 5.65. The first-order chi connectivity index (χ1) is 10.2. The van der Waals surface area contributed by atoms with Crippen molar-refractivity contribution >= 4 is 5.91 Å². The van der Waals surface area contributed by atoms with Crippen molar-refractivity contribution in [3.05, 3.63) is 36.2 Å². The van der Waals surface area contributed by atoms with E-state index in [9.17, 15) is 4.79 Å². The summed E-state index contributed by atoms with van der Waals surface area (Å²) in [6.07, 6.45) is 6.23. The van der Waals surface area contributed by atoms with E-state index in [2.05, 4.69) is 27.8 Å². The quantitative estimate of drug-likeness (QED) is 0.935. The normalized spacial score (nSPS) is 22.0. The number of carbonyl (C=O) groups excluding carboxylic acids is 1. The van der Waals surface area contributed by atoms with E-state index in [0.717, 1.165) is 12.1 Å². The van der Waals surface area contributed by atoms with Crippen LogP contribution in [0.25, 0.3) is 5.69 Å². The van der Waals surface area contributed by atoms with Gasteiger partial charge in [0.1, 0.15) is 6.33 Å². The maximum atomic E-state index is 12.4. The van der Waals surface area contributed by atoms with Crippen LogP contribution < -0.4 is 5.32 Å². The molecule has 1 saturated carbocycles. The van der Waals surface area contributed by atoms with Gasteiger partial charge in [0.15, 0.2) is 0 Å². The first-order valence-electron chi connectivity index (χ1n) is 7.38. The molecule has 110 valence electrons. The summed E-state index contributed by atoms with van der Waals surface area (Å²) in [5, 5.41) is 14.2. The highest BCUT2D eigenvalue weighted by molar-refractivity contribution is 5.94. The molecule has 1 aliphatic rings. The number of amides is 1. The molecule has 1 N–H and O–H groups in total. The van der Waals surface area contributed by atoms with Gasteiger partial charge in [0.25, 0.3) is 5.91 Å². The molecule has 0 saturated heterocycles. The number of nitrogens with one attached hydrogen (secondary N) is 1. The van der Waals surface area contributed by atoms with Gasteiger partial charge >= 0.3 is 0 Å². The van der Waals surface area contributed by atoms with Crippen LogP contribution in [0, 0.1) is 5.92 Å². The number of tetrazole rings is 1. The Bertz CT molecular complexity index is 610. The SMILES string of the molecule is CC1CCCCC1NC(=O)c1cccc(-n2cnnn2)c1. The van der Waals surface area contributed by atoms with Crippen LogP contribution in [0.2, 0.25) is 0 Å². The molecule has 0 aliphatic heterocycles. The molecule has 1 aromatic carbocycles. The zero-order chi connectivity index (χ0) is 14.7. The molecule has 0 bridgehead atoms. The maximum Gasteiger partial charge on any atom is 0.251 e. The molecule has 1 heterocycles. The molecule has 1 amide bonds. The van der Waals surface area contributed by atoms with Crippen molar-refractivity contribution in [3.8, 4) is 5.69 Å². The third-order valence-electron chi connectivity index (χ3n) is 4.15. The first-order valence-corrected chi connectivity index (χ1v) is 7.38. The zero-order valence-electron chi connectivity index (χ0n) is 12.1. The lowest BCUT2D eigenvalue weighted by molar-refractivity contribution is 0.0910. The van der Waals surface area contributed by atoms with Crippen LogP contribution in [0.1, 0.15) is 43.0 Å². The van der Waals surface area contributed by atoms with E-state index in [1.807, 2.05) is 18.2 Å². The highest BCUT2D eigenvalue weighted by Crippen LogP contribution is 2.24. The number of nitrogens with zero attached hydrogens (tertiary/aromatic N) is 4. The lowest BCUT2D eigenvalue weighted by atomic mass is 9.86. The van der Waals surface area contributed by atoms with E-state index in [-0.39, 0.29) is 11.9 Å². The van der Waals surface area contributed by atoms with Gasteiger partial charge in [0.05, 0.1) is 5.69 Å². The lowest BCUT2D eigenvalue weighted by Gasteiger charge is -2.29. The smallest absolute Gasteiger partial charge is 0.251 e. The summed E-state index contributed by atoms with van der Waals surface area (Å²) in [4.78, 5) is 12.4. The van der Waals surface area contributed by atoms with Crippen molar-refractivity contribution < 1.29 is 4.79 Å². The largest absolute Gasteiger partial charge is 0.349 e. The molecular weight excluding hydrogens is 266 g/mol. The molecule has 0 spiro atoms. The molecule has 3 rings (SSSR count). The van der Waals surface area contributed by atoms with Gasteiger partial charge in [0, 0.05) is 11.6 Å². The fourth-order valence-electron chi connectivity index (χ4n) is 2.85. The van der Waals surface area contributed by atoms with Gasteiger partial charge in [0.2, 0.25) is 0 Å². The highest BCUT2D eigenvalue weighted by Gasteiger charge is 2.23. The summed E-state index contributed by atoms with van der Waals surface area (Å²) >= 11 is 0. The van der Waals surface area contributed by atoms with Crippen molar-refractivity contribution in [1.29, 1.82) is 0 Å². The molecule has 1 fully saturated rings. The van der Waals surface area contributed by atoms with Crippen molar-refractivity contribution in [2.24, 2.45) is 5.92 Å². The summed E-state index contributed by atoms with van der Waals surface area (Å²) in [6, 6.07) is 7.62. The predicted octanol–water partition coefficient (Wildman–Crippen LogP) is 1.97. The molecule has 6 heteroatoms. The summed E-state index contributed by atoms with van der Waals surface area (Å²) in [7, 11) is 0. The molecule has 1 aromatic heterocycles. The van der Waals surface area contributed by atoms with Crippen LogP contribution in [-0.2, 0) is 0 Å². The Kier molecular flexibility index (Phi) is 3.94. The fourth-order valence-corrected chi connectivity index (χ4v) is 2.85. The first kappa shape index (κ1) is 13.7. The highest BCUT2D eigenvalue weighted by atomic mass is 16.1. The summed E-state index contributed by atoms with van der Waals surface area (Å²) in [5.74, 6) is 0.522. The van der Waals surface area contributed by atoms with Crippen molar-refractivity contribution in [2.45, 2.75) is 38.6 Å². The van der Waals surface area contributed by atoms with Gasteiger partial charge in [-0.2, -0.15) is 0 Å². The number of benzene rings is 1. The molecular formula is C15H19N5O. The van der Waals surface area contributed by atoms with Crippen LogP contribution in [0.3, 0.4) is 0 Å². The summed E-state index contributed by atoms with van der Waals surface area (Å²) in [5.41, 5.74) is 1.42. The second-order valence-electron chi connectivity index (χ2n) is 5.65. The number of hydrogen-bond acceptors (Lipinski definition) is 4. The third-order valence-corrected chi connectivity index (χ3v) is 4.15. The van der Waals surface area contributed by atoms with E-state index in [1.165, 1.54) is 25.6 Å². The Morgan fingerprint density at radius 3 is 2.95 bits per heavy atom. The van der Waals surface area contributed by atoms with Gasteiger partial charge in [-0.1, -0.05) is 25.8 Å². The van der Waals surface area contributed by atoms with E-state index < -0.39 is 0 Å². The molecule has 1 aliphatic carbocycles. The van der Waals surface area contributed by atoms with Gasteiger partial charge in [-0.3, -0.25) is 4.79 Å². The van der Waals surface area contributed by atoms with Crippen LogP contribution in [0.5, 0.6) is 0 Å². The van der Waals surface area contributed by atoms with Gasteiger partial charge in [-0.25, -0.2) is 4.68 Å². The topological polar surface area (TPSA) is 72.7 Å². The average molecular weight is 285 g/mol. The van der Waals surface area contributed by atoms with Crippen LogP contribution in [0.4, 0.5) is 0 Å². The molecule has 21 heavy (non-hydrogen) atoms. The number of aromatic nitrogens is 4. The minimum absolute atomic E-state index is 0.0244. The fraction of sp³-hybridized carbons (Fsp3) is 0.467. The van der Waals surface area contributed by atoms with Crippen molar-refractivity contribution in [1.82, 2.24) is 25.5 Å². The van der Waals surface area contributed by atoms with E-state index >= 15 is 0 Å². The van der Waals surface area contributed by atoms with Gasteiger partial charge in [-0.15, -0.1) is 5.10 Å². The lowest BCUT2D eigenvalue weighted by Crippen LogP contribution is -2.41. The predicted molar refractivity (Wildman–Crippen MR) is 78.0 cm³/mol. The number of rotatable bonds is 3.